The third-order valence-electron chi connectivity index (χ3n) is 5.72. The van der Waals surface area contributed by atoms with Gasteiger partial charge in [0.1, 0.15) is 6.61 Å². The summed E-state index contributed by atoms with van der Waals surface area (Å²) in [6.45, 7) is 19.5. The molecule has 2 aliphatic heterocycles. The Morgan fingerprint density at radius 2 is 1.69 bits per heavy atom. The van der Waals surface area contributed by atoms with Crippen molar-refractivity contribution >= 4 is 21.8 Å². The number of piperidine rings is 1. The summed E-state index contributed by atoms with van der Waals surface area (Å²) in [4.78, 5) is 14.7. The first-order valence-corrected chi connectivity index (χ1v) is 14.8. The standard InChI is InChI=1S/C23H32N2O4S.C4H10.C2H6/c1-5-21(8-6-7-17(2)3)30(27,28)24-13-11-20(12-14-24)25-22-10-9-18(4)15-19(22)16-29-23(25)26;1-4(2)3;1-2/h7-10,15,20H,5-6,11-14,16H2,1-4H3;4H,1-3H3;1-2H3/b21-8+;;. The van der Waals surface area contributed by atoms with Gasteiger partial charge in [0.15, 0.2) is 0 Å². The highest BCUT2D eigenvalue weighted by Gasteiger charge is 2.37. The van der Waals surface area contributed by atoms with E-state index in [4.69, 9.17) is 4.74 Å². The summed E-state index contributed by atoms with van der Waals surface area (Å²) >= 11 is 0. The molecule has 0 N–H and O–H groups in total. The van der Waals surface area contributed by atoms with E-state index in [1.165, 1.54) is 5.57 Å². The van der Waals surface area contributed by atoms with Crippen molar-refractivity contribution < 1.29 is 17.9 Å². The Morgan fingerprint density at radius 1 is 1.11 bits per heavy atom. The molecule has 3 rings (SSSR count). The number of nitrogens with zero attached hydrogens (tertiary/aromatic N) is 2. The molecule has 204 valence electrons. The minimum absolute atomic E-state index is 0.0644. The summed E-state index contributed by atoms with van der Waals surface area (Å²) in [5.74, 6) is 0.833. The second-order valence-electron chi connectivity index (χ2n) is 9.97. The third kappa shape index (κ3) is 9.07. The number of carbonyl (C=O) groups is 1. The number of carbonyl (C=O) groups excluding carboxylic acids is 1. The summed E-state index contributed by atoms with van der Waals surface area (Å²) < 4.78 is 33.2. The molecule has 1 aromatic rings. The maximum Gasteiger partial charge on any atom is 0.414 e. The van der Waals surface area contributed by atoms with Crippen LogP contribution in [-0.2, 0) is 21.4 Å². The number of fused-ring (bicyclic) bond motifs is 1. The van der Waals surface area contributed by atoms with Gasteiger partial charge in [-0.2, -0.15) is 4.31 Å². The lowest BCUT2D eigenvalue weighted by Gasteiger charge is -2.40. The van der Waals surface area contributed by atoms with E-state index in [0.29, 0.717) is 43.7 Å². The number of hydrogen-bond donors (Lipinski definition) is 0. The van der Waals surface area contributed by atoms with Gasteiger partial charge in [-0.05, 0) is 58.4 Å². The molecule has 1 amide bonds. The number of benzene rings is 1. The van der Waals surface area contributed by atoms with Crippen LogP contribution in [-0.4, -0.2) is 37.9 Å². The third-order valence-corrected chi connectivity index (χ3v) is 7.89. The first kappa shape index (κ1) is 31.9. The quantitative estimate of drug-likeness (QED) is 0.363. The molecule has 6 nitrogen and oxygen atoms in total. The number of sulfonamides is 1. The molecule has 0 radical (unpaired) electrons. The maximum atomic E-state index is 13.1. The Labute approximate surface area is 220 Å². The van der Waals surface area contributed by atoms with E-state index in [1.54, 1.807) is 9.21 Å². The van der Waals surface area contributed by atoms with E-state index in [-0.39, 0.29) is 18.7 Å². The van der Waals surface area contributed by atoms with Gasteiger partial charge >= 0.3 is 6.09 Å². The number of amides is 1. The number of aryl methyl sites for hydroxylation is 1. The van der Waals surface area contributed by atoms with E-state index in [9.17, 15) is 13.2 Å². The summed E-state index contributed by atoms with van der Waals surface area (Å²) in [7, 11) is -3.48. The van der Waals surface area contributed by atoms with Crippen LogP contribution in [0.15, 0.2) is 40.8 Å². The Kier molecular flexibility index (Phi) is 13.5. The van der Waals surface area contributed by atoms with Crippen LogP contribution in [0, 0.1) is 12.8 Å². The molecular formula is C29H48N2O4S. The summed E-state index contributed by atoms with van der Waals surface area (Å²) in [6.07, 6.45) is 5.77. The van der Waals surface area contributed by atoms with E-state index in [1.807, 2.05) is 71.9 Å². The fourth-order valence-corrected chi connectivity index (χ4v) is 5.78. The van der Waals surface area contributed by atoms with Crippen molar-refractivity contribution in [3.05, 3.63) is 52.0 Å². The molecule has 2 aliphatic rings. The number of rotatable bonds is 6. The molecule has 0 spiro atoms. The van der Waals surface area contributed by atoms with E-state index < -0.39 is 10.0 Å². The summed E-state index contributed by atoms with van der Waals surface area (Å²) in [5.41, 5.74) is 4.18. The Hall–Kier alpha value is -2.12. The smallest absolute Gasteiger partial charge is 0.414 e. The predicted molar refractivity (Wildman–Crippen MR) is 152 cm³/mol. The van der Waals surface area contributed by atoms with Crippen LogP contribution in [0.5, 0.6) is 0 Å². The van der Waals surface area contributed by atoms with Gasteiger partial charge in [0.2, 0.25) is 10.0 Å². The zero-order chi connectivity index (χ0) is 27.5. The lowest BCUT2D eigenvalue weighted by atomic mass is 10.0. The van der Waals surface area contributed by atoms with Gasteiger partial charge in [-0.3, -0.25) is 4.90 Å². The zero-order valence-electron chi connectivity index (χ0n) is 23.9. The van der Waals surface area contributed by atoms with Gasteiger partial charge in [0.05, 0.1) is 10.6 Å². The van der Waals surface area contributed by atoms with E-state index >= 15 is 0 Å². The minimum Gasteiger partial charge on any atom is -0.444 e. The van der Waals surface area contributed by atoms with Crippen LogP contribution < -0.4 is 4.90 Å². The van der Waals surface area contributed by atoms with Crippen LogP contribution in [0.1, 0.15) is 92.2 Å². The van der Waals surface area contributed by atoms with Crippen LogP contribution in [0.3, 0.4) is 0 Å². The molecule has 0 aromatic heterocycles. The topological polar surface area (TPSA) is 66.9 Å². The number of cyclic esters (lactones) is 1. The van der Waals surface area contributed by atoms with Gasteiger partial charge in [-0.1, -0.05) is 77.0 Å². The fraction of sp³-hybridized carbons (Fsp3) is 0.621. The van der Waals surface area contributed by atoms with Crippen molar-refractivity contribution in [1.29, 1.82) is 0 Å². The average Bonchev–Trinajstić information content (AvgIpc) is 2.82. The zero-order valence-corrected chi connectivity index (χ0v) is 24.7. The molecule has 7 heteroatoms. The highest BCUT2D eigenvalue weighted by Crippen LogP contribution is 2.33. The molecule has 0 bridgehead atoms. The maximum absolute atomic E-state index is 13.1. The SMILES string of the molecule is CC.CC(C)C.CC/C(=C\CC=C(C)C)S(=O)(=O)N1CCC(N2C(=O)OCc3cc(C)ccc32)CC1. The Bertz CT molecular complexity index is 997. The van der Waals surface area contributed by atoms with Gasteiger partial charge < -0.3 is 4.74 Å². The number of ether oxygens (including phenoxy) is 1. The highest BCUT2D eigenvalue weighted by atomic mass is 32.2. The molecule has 0 saturated carbocycles. The van der Waals surface area contributed by atoms with Crippen molar-refractivity contribution in [3.63, 3.8) is 0 Å². The normalized spacial score (nSPS) is 16.8. The number of allylic oxidation sites excluding steroid dienone is 4. The predicted octanol–water partition coefficient (Wildman–Crippen LogP) is 7.58. The monoisotopic (exact) mass is 520 g/mol. The van der Waals surface area contributed by atoms with E-state index in [2.05, 4.69) is 20.8 Å². The van der Waals surface area contributed by atoms with Gasteiger partial charge in [0.25, 0.3) is 0 Å². The average molecular weight is 521 g/mol. The van der Waals surface area contributed by atoms with E-state index in [0.717, 1.165) is 22.7 Å². The first-order valence-electron chi connectivity index (χ1n) is 13.3. The molecule has 0 atom stereocenters. The molecule has 36 heavy (non-hydrogen) atoms. The lowest BCUT2D eigenvalue weighted by Crippen LogP contribution is -2.50. The molecule has 0 aliphatic carbocycles. The van der Waals surface area contributed by atoms with Crippen LogP contribution >= 0.6 is 0 Å². The Morgan fingerprint density at radius 3 is 2.22 bits per heavy atom. The van der Waals surface area contributed by atoms with Crippen molar-refractivity contribution in [2.75, 3.05) is 18.0 Å². The molecule has 2 heterocycles. The highest BCUT2D eigenvalue weighted by molar-refractivity contribution is 7.93. The lowest BCUT2D eigenvalue weighted by molar-refractivity contribution is 0.136. The van der Waals surface area contributed by atoms with Crippen LogP contribution in [0.25, 0.3) is 0 Å². The largest absolute Gasteiger partial charge is 0.444 e. The minimum atomic E-state index is -3.48. The molecule has 1 fully saturated rings. The number of hydrogen-bond acceptors (Lipinski definition) is 4. The summed E-state index contributed by atoms with van der Waals surface area (Å²) in [5, 5.41) is 0. The first-order chi connectivity index (χ1) is 17.0. The Balaban J connectivity index is 0.000000982. The second-order valence-corrected chi connectivity index (χ2v) is 12.0. The number of anilines is 1. The van der Waals surface area contributed by atoms with Crippen LogP contribution in [0.2, 0.25) is 0 Å². The van der Waals surface area contributed by atoms with Gasteiger partial charge in [0, 0.05) is 24.7 Å². The molecule has 1 aromatic carbocycles. The molecule has 1 saturated heterocycles. The van der Waals surface area contributed by atoms with Crippen molar-refractivity contribution in [3.8, 4) is 0 Å². The fourth-order valence-electron chi connectivity index (χ4n) is 4.08. The van der Waals surface area contributed by atoms with Gasteiger partial charge in [-0.15, -0.1) is 0 Å². The second kappa shape index (κ2) is 15.2. The summed E-state index contributed by atoms with van der Waals surface area (Å²) in [6, 6.07) is 5.94. The van der Waals surface area contributed by atoms with Crippen LogP contribution in [0.4, 0.5) is 10.5 Å². The van der Waals surface area contributed by atoms with Crippen molar-refractivity contribution in [2.24, 2.45) is 5.92 Å². The van der Waals surface area contributed by atoms with Crippen molar-refractivity contribution in [2.45, 2.75) is 101 Å². The van der Waals surface area contributed by atoms with Crippen molar-refractivity contribution in [1.82, 2.24) is 4.31 Å². The molecule has 0 unspecified atom stereocenters. The van der Waals surface area contributed by atoms with Gasteiger partial charge in [-0.25, -0.2) is 13.2 Å². The molecular weight excluding hydrogens is 472 g/mol.